The molecule has 2 rings (SSSR count). The number of aliphatic imine (C=N–C) groups is 1. The molecular formula is C14H18FNO2S. The SMILES string of the molecule is CC1(C)N=C(S(C)(=O)=O)c2cccc(F)c2C1(C)C. The number of nitrogens with zero attached hydrogens (tertiary/aromatic N) is 1. The molecule has 5 heteroatoms. The van der Waals surface area contributed by atoms with Gasteiger partial charge in [-0.2, -0.15) is 0 Å². The summed E-state index contributed by atoms with van der Waals surface area (Å²) < 4.78 is 38.0. The van der Waals surface area contributed by atoms with E-state index in [-0.39, 0.29) is 10.9 Å². The third-order valence-corrected chi connectivity index (χ3v) is 5.14. The zero-order valence-corrected chi connectivity index (χ0v) is 12.6. The predicted molar refractivity (Wildman–Crippen MR) is 74.9 cm³/mol. The molecule has 1 heterocycles. The van der Waals surface area contributed by atoms with Crippen LogP contribution in [0, 0.1) is 5.82 Å². The van der Waals surface area contributed by atoms with Gasteiger partial charge in [0, 0.05) is 22.8 Å². The minimum absolute atomic E-state index is 0.0219. The highest BCUT2D eigenvalue weighted by Gasteiger charge is 2.46. The first kappa shape index (κ1) is 14.2. The van der Waals surface area contributed by atoms with Crippen LogP contribution in [0.5, 0.6) is 0 Å². The van der Waals surface area contributed by atoms with Crippen LogP contribution >= 0.6 is 0 Å². The normalized spacial score (nSPS) is 20.6. The van der Waals surface area contributed by atoms with E-state index in [1.54, 1.807) is 6.07 Å². The quantitative estimate of drug-likeness (QED) is 0.735. The molecule has 0 saturated carbocycles. The Kier molecular flexibility index (Phi) is 2.90. The van der Waals surface area contributed by atoms with Gasteiger partial charge in [0.15, 0.2) is 14.9 Å². The summed E-state index contributed by atoms with van der Waals surface area (Å²) in [6, 6.07) is 4.50. The van der Waals surface area contributed by atoms with E-state index >= 15 is 0 Å². The summed E-state index contributed by atoms with van der Waals surface area (Å²) in [5.74, 6) is -0.383. The van der Waals surface area contributed by atoms with Gasteiger partial charge in [0.25, 0.3) is 0 Å². The van der Waals surface area contributed by atoms with Gasteiger partial charge < -0.3 is 0 Å². The van der Waals surface area contributed by atoms with Gasteiger partial charge in [-0.25, -0.2) is 12.8 Å². The largest absolute Gasteiger partial charge is 0.266 e. The minimum Gasteiger partial charge on any atom is -0.266 e. The number of halogens is 1. The first-order valence-electron chi connectivity index (χ1n) is 6.08. The molecule has 0 aromatic heterocycles. The molecule has 0 spiro atoms. The van der Waals surface area contributed by atoms with Gasteiger partial charge in [-0.05, 0) is 19.9 Å². The highest BCUT2D eigenvalue weighted by Crippen LogP contribution is 2.44. The molecule has 1 aromatic carbocycles. The van der Waals surface area contributed by atoms with Crippen LogP contribution in [-0.4, -0.2) is 25.3 Å². The van der Waals surface area contributed by atoms with Gasteiger partial charge in [0.2, 0.25) is 0 Å². The lowest BCUT2D eigenvalue weighted by Crippen LogP contribution is -2.47. The molecule has 1 aliphatic heterocycles. The predicted octanol–water partition coefficient (Wildman–Crippen LogP) is 2.69. The topological polar surface area (TPSA) is 46.5 Å². The molecule has 0 radical (unpaired) electrons. The van der Waals surface area contributed by atoms with Crippen molar-refractivity contribution in [2.45, 2.75) is 38.6 Å². The molecule has 0 aliphatic carbocycles. The maximum absolute atomic E-state index is 14.2. The second kappa shape index (κ2) is 3.88. The van der Waals surface area contributed by atoms with Gasteiger partial charge in [0.05, 0.1) is 5.54 Å². The highest BCUT2D eigenvalue weighted by molar-refractivity contribution is 8.06. The fourth-order valence-electron chi connectivity index (χ4n) is 2.38. The third-order valence-electron chi connectivity index (χ3n) is 4.13. The third kappa shape index (κ3) is 2.00. The first-order valence-corrected chi connectivity index (χ1v) is 7.97. The number of rotatable bonds is 0. The fraction of sp³-hybridized carbons (Fsp3) is 0.500. The molecule has 1 aliphatic rings. The number of sulfone groups is 1. The van der Waals surface area contributed by atoms with Crippen LogP contribution in [0.1, 0.15) is 38.8 Å². The highest BCUT2D eigenvalue weighted by atomic mass is 32.2. The minimum atomic E-state index is -3.49. The molecule has 19 heavy (non-hydrogen) atoms. The Labute approximate surface area is 113 Å². The Morgan fingerprint density at radius 3 is 2.26 bits per heavy atom. The van der Waals surface area contributed by atoms with Crippen molar-refractivity contribution in [3.8, 4) is 0 Å². The van der Waals surface area contributed by atoms with E-state index in [1.165, 1.54) is 12.1 Å². The van der Waals surface area contributed by atoms with E-state index in [0.29, 0.717) is 11.1 Å². The summed E-state index contributed by atoms with van der Waals surface area (Å²) in [5, 5.41) is -0.0219. The number of benzene rings is 1. The molecular weight excluding hydrogens is 265 g/mol. The molecule has 0 fully saturated rings. The molecule has 0 unspecified atom stereocenters. The average Bonchev–Trinajstić information content (AvgIpc) is 2.22. The molecule has 0 atom stereocenters. The Balaban J connectivity index is 2.92. The summed E-state index contributed by atoms with van der Waals surface area (Å²) in [6.07, 6.45) is 1.11. The summed E-state index contributed by atoms with van der Waals surface area (Å²) in [4.78, 5) is 4.38. The van der Waals surface area contributed by atoms with Gasteiger partial charge >= 0.3 is 0 Å². The maximum atomic E-state index is 14.2. The Hall–Kier alpha value is -1.23. The van der Waals surface area contributed by atoms with E-state index in [0.717, 1.165) is 6.26 Å². The second-order valence-corrected chi connectivity index (χ2v) is 7.97. The smallest absolute Gasteiger partial charge is 0.192 e. The first-order chi connectivity index (χ1) is 8.48. The van der Waals surface area contributed by atoms with Crippen molar-refractivity contribution in [3.05, 3.63) is 35.1 Å². The molecule has 0 saturated heterocycles. The Morgan fingerprint density at radius 2 is 1.74 bits per heavy atom. The molecule has 3 nitrogen and oxygen atoms in total. The van der Waals surface area contributed by atoms with Crippen LogP contribution in [0.15, 0.2) is 23.2 Å². The van der Waals surface area contributed by atoms with Gasteiger partial charge in [-0.1, -0.05) is 26.0 Å². The van der Waals surface area contributed by atoms with Gasteiger partial charge in [0.1, 0.15) is 5.82 Å². The Morgan fingerprint density at radius 1 is 1.16 bits per heavy atom. The van der Waals surface area contributed by atoms with Crippen molar-refractivity contribution in [3.63, 3.8) is 0 Å². The van der Waals surface area contributed by atoms with Crippen molar-refractivity contribution in [1.82, 2.24) is 0 Å². The van der Waals surface area contributed by atoms with Crippen molar-refractivity contribution < 1.29 is 12.8 Å². The lowest BCUT2D eigenvalue weighted by atomic mass is 9.67. The van der Waals surface area contributed by atoms with Crippen LogP contribution in [0.2, 0.25) is 0 Å². The molecule has 0 N–H and O–H groups in total. The Bertz CT molecular complexity index is 673. The summed E-state index contributed by atoms with van der Waals surface area (Å²) in [7, 11) is -3.49. The van der Waals surface area contributed by atoms with Crippen LogP contribution in [0.4, 0.5) is 4.39 Å². The van der Waals surface area contributed by atoms with Crippen LogP contribution in [0.3, 0.4) is 0 Å². The average molecular weight is 283 g/mol. The molecule has 1 aromatic rings. The summed E-state index contributed by atoms with van der Waals surface area (Å²) in [6.45, 7) is 7.43. The zero-order valence-electron chi connectivity index (χ0n) is 11.8. The zero-order chi connectivity index (χ0) is 14.6. The van der Waals surface area contributed by atoms with Crippen molar-refractivity contribution in [2.75, 3.05) is 6.26 Å². The summed E-state index contributed by atoms with van der Waals surface area (Å²) in [5.41, 5.74) is -0.468. The fourth-order valence-corrected chi connectivity index (χ4v) is 3.34. The number of fused-ring (bicyclic) bond motifs is 1. The van der Waals surface area contributed by atoms with Crippen LogP contribution in [-0.2, 0) is 15.3 Å². The lowest BCUT2D eigenvalue weighted by molar-refractivity contribution is 0.294. The van der Waals surface area contributed by atoms with E-state index in [9.17, 15) is 12.8 Å². The van der Waals surface area contributed by atoms with E-state index in [1.807, 2.05) is 27.7 Å². The molecule has 0 amide bonds. The van der Waals surface area contributed by atoms with Crippen molar-refractivity contribution >= 4 is 14.9 Å². The van der Waals surface area contributed by atoms with Crippen molar-refractivity contribution in [2.24, 2.45) is 4.99 Å². The summed E-state index contributed by atoms with van der Waals surface area (Å²) >= 11 is 0. The number of hydrogen-bond donors (Lipinski definition) is 0. The van der Waals surface area contributed by atoms with Gasteiger partial charge in [-0.15, -0.1) is 0 Å². The van der Waals surface area contributed by atoms with E-state index < -0.39 is 20.8 Å². The number of hydrogen-bond acceptors (Lipinski definition) is 3. The molecule has 104 valence electrons. The maximum Gasteiger partial charge on any atom is 0.192 e. The van der Waals surface area contributed by atoms with Crippen LogP contribution in [0.25, 0.3) is 0 Å². The monoisotopic (exact) mass is 283 g/mol. The second-order valence-electron chi connectivity index (χ2n) is 6.04. The van der Waals surface area contributed by atoms with E-state index in [2.05, 4.69) is 4.99 Å². The lowest BCUT2D eigenvalue weighted by Gasteiger charge is -2.43. The van der Waals surface area contributed by atoms with Gasteiger partial charge in [-0.3, -0.25) is 4.99 Å². The van der Waals surface area contributed by atoms with Crippen LogP contribution < -0.4 is 0 Å². The standard InChI is InChI=1S/C14H18FNO2S/c1-13(2)11-9(7-6-8-10(11)15)12(19(5,17)18)16-14(13,3)4/h6-8H,1-5H3. The van der Waals surface area contributed by atoms with E-state index in [4.69, 9.17) is 0 Å². The molecule has 0 bridgehead atoms. The van der Waals surface area contributed by atoms with Crippen molar-refractivity contribution in [1.29, 1.82) is 0 Å².